The van der Waals surface area contributed by atoms with Crippen LogP contribution < -0.4 is 29.6 Å². The maximum atomic E-state index is 14.3. The van der Waals surface area contributed by atoms with Crippen molar-refractivity contribution >= 4 is 76.7 Å². The highest BCUT2D eigenvalue weighted by atomic mass is 79.9. The Morgan fingerprint density at radius 1 is 0.719 bits per heavy atom. The molecule has 64 heavy (non-hydrogen) atoms. The molecule has 2 unspecified atom stereocenters. The lowest BCUT2D eigenvalue weighted by Gasteiger charge is -2.33. The second-order valence-corrected chi connectivity index (χ2v) is 17.8. The van der Waals surface area contributed by atoms with Gasteiger partial charge in [0.15, 0.2) is 23.0 Å². The van der Waals surface area contributed by atoms with Gasteiger partial charge in [-0.1, -0.05) is 44.0 Å². The van der Waals surface area contributed by atoms with Crippen LogP contribution in [0.2, 0.25) is 0 Å². The van der Waals surface area contributed by atoms with Crippen molar-refractivity contribution < 1.29 is 37.9 Å². The second-order valence-electron chi connectivity index (χ2n) is 16.0. The fraction of sp³-hybridized carbons (Fsp3) is 0.348. The zero-order valence-corrected chi connectivity index (χ0v) is 39.6. The average Bonchev–Trinajstić information content (AvgIpc) is 3.26. The van der Waals surface area contributed by atoms with Gasteiger partial charge in [-0.25, -0.2) is 28.7 Å². The molecule has 14 nitrogen and oxygen atoms in total. The number of β-amino-alcohol motifs (C(OH)–C–C–N with tert-alkyl or cyclic N) is 2. The summed E-state index contributed by atoms with van der Waals surface area (Å²) in [5, 5.41) is 28.1. The smallest absolute Gasteiger partial charge is 0.163 e. The number of anilines is 4. The molecule has 0 fully saturated rings. The molecule has 0 amide bonds. The van der Waals surface area contributed by atoms with Crippen LogP contribution in [0.1, 0.15) is 27.2 Å². The SMILES string of the molecule is COc1cc2c(Nc3ccc(Br)cc3F)ncnc2cc1OCC(O)CN(C)C(C)(C)C.COc1cc2c(Nc3ccc(Br)cc3F)ncnc2cc1OCC(O)CN1CC=CCC1. The zero-order chi connectivity index (χ0) is 46.0. The molecule has 4 aromatic carbocycles. The third kappa shape index (κ3) is 12.9. The summed E-state index contributed by atoms with van der Waals surface area (Å²) < 4.78 is 52.5. The third-order valence-corrected chi connectivity index (χ3v) is 11.3. The highest BCUT2D eigenvalue weighted by Crippen LogP contribution is 2.37. The molecular formula is C46H52Br2F2N8O6. The van der Waals surface area contributed by atoms with E-state index in [-0.39, 0.29) is 18.8 Å². The Balaban J connectivity index is 0.000000213. The van der Waals surface area contributed by atoms with E-state index >= 15 is 0 Å². The molecule has 0 radical (unpaired) electrons. The summed E-state index contributed by atoms with van der Waals surface area (Å²) in [5.74, 6) is 1.92. The van der Waals surface area contributed by atoms with Crippen LogP contribution in [0, 0.1) is 11.6 Å². The number of likely N-dealkylation sites (N-methyl/N-ethyl adjacent to an activating group) is 1. The minimum atomic E-state index is -0.678. The van der Waals surface area contributed by atoms with E-state index in [1.54, 1.807) is 48.5 Å². The summed E-state index contributed by atoms with van der Waals surface area (Å²) >= 11 is 6.50. The molecule has 340 valence electrons. The Hall–Kier alpha value is -5.24. The molecule has 0 saturated heterocycles. The van der Waals surface area contributed by atoms with Gasteiger partial charge in [-0.05, 0) is 82.8 Å². The van der Waals surface area contributed by atoms with Crippen molar-refractivity contribution in [3.63, 3.8) is 0 Å². The molecule has 7 rings (SSSR count). The van der Waals surface area contributed by atoms with Crippen molar-refractivity contribution in [3.8, 4) is 23.0 Å². The number of ether oxygens (including phenoxy) is 4. The van der Waals surface area contributed by atoms with E-state index in [9.17, 15) is 19.0 Å². The topological polar surface area (TPSA) is 159 Å². The molecule has 0 bridgehead atoms. The van der Waals surface area contributed by atoms with E-state index in [4.69, 9.17) is 18.9 Å². The molecule has 0 saturated carbocycles. The molecule has 1 aliphatic rings. The lowest BCUT2D eigenvalue weighted by molar-refractivity contribution is 0.0466. The number of fused-ring (bicyclic) bond motifs is 2. The summed E-state index contributed by atoms with van der Waals surface area (Å²) in [6, 6.07) is 16.4. The third-order valence-electron chi connectivity index (χ3n) is 10.3. The molecule has 2 aromatic heterocycles. The van der Waals surface area contributed by atoms with Gasteiger partial charge in [0.25, 0.3) is 0 Å². The number of aliphatic hydroxyl groups is 2. The zero-order valence-electron chi connectivity index (χ0n) is 36.4. The van der Waals surface area contributed by atoms with Gasteiger partial charge in [-0.3, -0.25) is 9.80 Å². The van der Waals surface area contributed by atoms with Crippen LogP contribution in [-0.2, 0) is 0 Å². The number of hydrogen-bond acceptors (Lipinski definition) is 14. The first-order valence-electron chi connectivity index (χ1n) is 20.4. The van der Waals surface area contributed by atoms with E-state index < -0.39 is 23.8 Å². The van der Waals surface area contributed by atoms with Gasteiger partial charge in [-0.15, -0.1) is 0 Å². The van der Waals surface area contributed by atoms with Crippen LogP contribution in [0.5, 0.6) is 23.0 Å². The summed E-state index contributed by atoms with van der Waals surface area (Å²) in [6.45, 7) is 9.24. The number of hydrogen-bond donors (Lipinski definition) is 4. The highest BCUT2D eigenvalue weighted by Gasteiger charge is 2.22. The van der Waals surface area contributed by atoms with Crippen LogP contribution in [0.25, 0.3) is 21.8 Å². The first-order chi connectivity index (χ1) is 30.6. The lowest BCUT2D eigenvalue weighted by Crippen LogP contribution is -2.44. The minimum Gasteiger partial charge on any atom is -0.493 e. The van der Waals surface area contributed by atoms with E-state index in [0.29, 0.717) is 89.8 Å². The van der Waals surface area contributed by atoms with Gasteiger partial charge in [0.05, 0.1) is 36.6 Å². The largest absolute Gasteiger partial charge is 0.493 e. The maximum Gasteiger partial charge on any atom is 0.163 e. The van der Waals surface area contributed by atoms with Crippen molar-refractivity contribution in [2.24, 2.45) is 0 Å². The number of methoxy groups -OCH3 is 2. The number of halogens is 4. The molecule has 0 spiro atoms. The van der Waals surface area contributed by atoms with Gasteiger partial charge < -0.3 is 39.8 Å². The Morgan fingerprint density at radius 2 is 1.22 bits per heavy atom. The van der Waals surface area contributed by atoms with Crippen molar-refractivity contribution in [2.75, 3.05) is 71.3 Å². The number of aliphatic hydroxyl groups excluding tert-OH is 2. The molecule has 0 aliphatic carbocycles. The summed E-state index contributed by atoms with van der Waals surface area (Å²) in [5.41, 5.74) is 1.72. The molecular weight excluding hydrogens is 958 g/mol. The van der Waals surface area contributed by atoms with E-state index in [2.05, 4.69) is 105 Å². The fourth-order valence-electron chi connectivity index (χ4n) is 6.53. The molecule has 2 atom stereocenters. The quantitative estimate of drug-likeness (QED) is 0.0681. The van der Waals surface area contributed by atoms with Gasteiger partial charge in [-0.2, -0.15) is 0 Å². The number of aromatic nitrogens is 4. The minimum absolute atomic E-state index is 0.0593. The molecule has 18 heteroatoms. The Kier molecular flexibility index (Phi) is 16.7. The van der Waals surface area contributed by atoms with Crippen LogP contribution in [-0.4, -0.2) is 118 Å². The number of rotatable bonds is 16. The Labute approximate surface area is 387 Å². The maximum absolute atomic E-state index is 14.3. The van der Waals surface area contributed by atoms with Crippen molar-refractivity contribution in [2.45, 2.75) is 44.9 Å². The van der Waals surface area contributed by atoms with E-state index in [1.165, 1.54) is 39.0 Å². The number of nitrogens with zero attached hydrogens (tertiary/aromatic N) is 6. The summed E-state index contributed by atoms with van der Waals surface area (Å²) in [6.07, 6.45) is 6.73. The van der Waals surface area contributed by atoms with Crippen LogP contribution in [0.3, 0.4) is 0 Å². The molecule has 1 aliphatic heterocycles. The Morgan fingerprint density at radius 3 is 1.66 bits per heavy atom. The van der Waals surface area contributed by atoms with Crippen LogP contribution >= 0.6 is 31.9 Å². The van der Waals surface area contributed by atoms with Gasteiger partial charge in [0.2, 0.25) is 0 Å². The second kappa shape index (κ2) is 22.1. The first-order valence-corrected chi connectivity index (χ1v) is 22.0. The molecule has 6 aromatic rings. The fourth-order valence-corrected chi connectivity index (χ4v) is 7.20. The normalized spacial score (nSPS) is 13.9. The number of benzene rings is 4. The van der Waals surface area contributed by atoms with Gasteiger partial charge >= 0.3 is 0 Å². The average molecular weight is 1010 g/mol. The molecule has 4 N–H and O–H groups in total. The van der Waals surface area contributed by atoms with Crippen LogP contribution in [0.15, 0.2) is 94.4 Å². The van der Waals surface area contributed by atoms with E-state index in [0.717, 1.165) is 19.5 Å². The van der Waals surface area contributed by atoms with E-state index in [1.807, 2.05) is 7.05 Å². The summed E-state index contributed by atoms with van der Waals surface area (Å²) in [7, 11) is 5.03. The van der Waals surface area contributed by atoms with Gasteiger partial charge in [0, 0.05) is 63.6 Å². The Bertz CT molecular complexity index is 2570. The first kappa shape index (κ1) is 48.2. The highest BCUT2D eigenvalue weighted by molar-refractivity contribution is 9.10. The summed E-state index contributed by atoms with van der Waals surface area (Å²) in [4.78, 5) is 21.4. The predicted octanol–water partition coefficient (Wildman–Crippen LogP) is 9.04. The predicted molar refractivity (Wildman–Crippen MR) is 253 cm³/mol. The molecule has 3 heterocycles. The van der Waals surface area contributed by atoms with Crippen molar-refractivity contribution in [3.05, 3.63) is 106 Å². The van der Waals surface area contributed by atoms with Crippen LogP contribution in [0.4, 0.5) is 31.8 Å². The standard InChI is InChI=1S/C23H24BrFN4O3.C23H28BrFN4O3/c1-31-21-10-17-20(11-22(21)32-13-16(30)12-29-7-3-2-4-8-29)26-14-27-23(17)28-19-6-5-15(24)9-18(19)25;1-23(2,3)29(4)11-15(30)12-32-21-10-19-16(9-20(21)31-5)22(27-13-26-19)28-18-7-6-14(24)8-17(18)25/h2-3,5-6,9-11,14,16,30H,4,7-8,12-13H2,1H3,(H,26,27,28);6-10,13,15,30H,11-12H2,1-5H3,(H,26,27,28). The number of nitrogens with one attached hydrogen (secondary N) is 2. The van der Waals surface area contributed by atoms with Crippen molar-refractivity contribution in [1.82, 2.24) is 29.7 Å². The van der Waals surface area contributed by atoms with Gasteiger partial charge in [0.1, 0.15) is 61.3 Å². The lowest BCUT2D eigenvalue weighted by atomic mass is 10.1. The van der Waals surface area contributed by atoms with Crippen molar-refractivity contribution in [1.29, 1.82) is 0 Å². The monoisotopic (exact) mass is 1010 g/mol.